The number of benzene rings is 2. The van der Waals surface area contributed by atoms with Gasteiger partial charge in [-0.15, -0.1) is 0 Å². The fourth-order valence-corrected chi connectivity index (χ4v) is 2.46. The average Bonchev–Trinajstić information content (AvgIpc) is 2.88. The number of anilines is 1. The minimum absolute atomic E-state index is 0.220. The lowest BCUT2D eigenvalue weighted by Gasteiger charge is -2.03. The van der Waals surface area contributed by atoms with Crippen molar-refractivity contribution in [3.63, 3.8) is 0 Å². The summed E-state index contributed by atoms with van der Waals surface area (Å²) in [5.41, 5.74) is 4.10. The first kappa shape index (κ1) is 15.9. The van der Waals surface area contributed by atoms with E-state index >= 15 is 0 Å². The maximum atomic E-state index is 12.1. The second kappa shape index (κ2) is 6.66. The van der Waals surface area contributed by atoms with Crippen molar-refractivity contribution >= 4 is 29.0 Å². The molecule has 5 heteroatoms. The van der Waals surface area contributed by atoms with Crippen LogP contribution >= 0.6 is 0 Å². The van der Waals surface area contributed by atoms with Crippen molar-refractivity contribution in [2.45, 2.75) is 20.3 Å². The number of fused-ring (bicyclic) bond motifs is 1. The SMILES string of the molecule is CCCOC(=O)c1ccc(N=C2C(=O)Nc3ccc(C)cc32)cc1. The monoisotopic (exact) mass is 322 g/mol. The lowest BCUT2D eigenvalue weighted by molar-refractivity contribution is -0.110. The van der Waals surface area contributed by atoms with Gasteiger partial charge in [-0.1, -0.05) is 18.6 Å². The number of carbonyl (C=O) groups excluding carboxylic acids is 2. The van der Waals surface area contributed by atoms with Gasteiger partial charge in [0.05, 0.1) is 23.5 Å². The van der Waals surface area contributed by atoms with Gasteiger partial charge in [0, 0.05) is 5.56 Å². The zero-order valence-corrected chi connectivity index (χ0v) is 13.6. The molecule has 24 heavy (non-hydrogen) atoms. The molecule has 0 bridgehead atoms. The van der Waals surface area contributed by atoms with Crippen LogP contribution in [-0.4, -0.2) is 24.2 Å². The molecule has 0 aliphatic carbocycles. The van der Waals surface area contributed by atoms with Gasteiger partial charge in [-0.2, -0.15) is 0 Å². The van der Waals surface area contributed by atoms with Crippen molar-refractivity contribution in [1.82, 2.24) is 0 Å². The number of aryl methyl sites for hydroxylation is 1. The minimum atomic E-state index is -0.351. The first-order valence-electron chi connectivity index (χ1n) is 7.86. The molecule has 1 N–H and O–H groups in total. The normalized spacial score (nSPS) is 14.4. The molecule has 0 radical (unpaired) electrons. The smallest absolute Gasteiger partial charge is 0.338 e. The Bertz CT molecular complexity index is 823. The number of ether oxygens (including phenoxy) is 1. The molecule has 0 unspecified atom stereocenters. The molecule has 0 aromatic heterocycles. The molecule has 1 amide bonds. The molecule has 0 saturated heterocycles. The number of carbonyl (C=O) groups is 2. The third-order valence-corrected chi connectivity index (χ3v) is 3.67. The molecule has 2 aromatic carbocycles. The van der Waals surface area contributed by atoms with Crippen molar-refractivity contribution in [3.05, 3.63) is 59.2 Å². The average molecular weight is 322 g/mol. The zero-order valence-electron chi connectivity index (χ0n) is 13.6. The van der Waals surface area contributed by atoms with Gasteiger partial charge >= 0.3 is 5.97 Å². The number of esters is 1. The van der Waals surface area contributed by atoms with Crippen molar-refractivity contribution in [3.8, 4) is 0 Å². The first-order valence-corrected chi connectivity index (χ1v) is 7.86. The van der Waals surface area contributed by atoms with Crippen LogP contribution in [0.2, 0.25) is 0 Å². The summed E-state index contributed by atoms with van der Waals surface area (Å²) in [7, 11) is 0. The highest BCUT2D eigenvalue weighted by atomic mass is 16.5. The molecular weight excluding hydrogens is 304 g/mol. The predicted octanol–water partition coefficient (Wildman–Crippen LogP) is 3.63. The molecule has 1 aliphatic rings. The summed E-state index contributed by atoms with van der Waals surface area (Å²) < 4.78 is 5.09. The van der Waals surface area contributed by atoms with E-state index in [-0.39, 0.29) is 11.9 Å². The van der Waals surface area contributed by atoms with E-state index in [1.165, 1.54) is 0 Å². The Hall–Kier alpha value is -2.95. The Morgan fingerprint density at radius 2 is 1.92 bits per heavy atom. The lowest BCUT2D eigenvalue weighted by Crippen LogP contribution is -2.13. The molecular formula is C19H18N2O3. The third-order valence-electron chi connectivity index (χ3n) is 3.67. The molecule has 0 spiro atoms. The van der Waals surface area contributed by atoms with E-state index in [4.69, 9.17) is 4.74 Å². The molecule has 122 valence electrons. The van der Waals surface area contributed by atoms with E-state index in [0.717, 1.165) is 23.2 Å². The molecule has 0 atom stereocenters. The van der Waals surface area contributed by atoms with Crippen LogP contribution in [0.4, 0.5) is 11.4 Å². The van der Waals surface area contributed by atoms with Gasteiger partial charge in [-0.05, 0) is 49.7 Å². The summed E-state index contributed by atoms with van der Waals surface area (Å²) >= 11 is 0. The van der Waals surface area contributed by atoms with Crippen LogP contribution in [0.3, 0.4) is 0 Å². The highest BCUT2D eigenvalue weighted by Crippen LogP contribution is 2.26. The summed E-state index contributed by atoms with van der Waals surface area (Å²) in [4.78, 5) is 28.4. The predicted molar refractivity (Wildman–Crippen MR) is 93.0 cm³/mol. The van der Waals surface area contributed by atoms with E-state index in [0.29, 0.717) is 23.6 Å². The van der Waals surface area contributed by atoms with Crippen molar-refractivity contribution < 1.29 is 14.3 Å². The van der Waals surface area contributed by atoms with Crippen molar-refractivity contribution in [2.24, 2.45) is 4.99 Å². The summed E-state index contributed by atoms with van der Waals surface area (Å²) in [6.07, 6.45) is 0.783. The van der Waals surface area contributed by atoms with Crippen LogP contribution in [0, 0.1) is 6.92 Å². The summed E-state index contributed by atoms with van der Waals surface area (Å²) in [5, 5.41) is 2.80. The topological polar surface area (TPSA) is 67.8 Å². The number of amides is 1. The highest BCUT2D eigenvalue weighted by molar-refractivity contribution is 6.54. The van der Waals surface area contributed by atoms with E-state index in [1.807, 2.05) is 32.0 Å². The summed E-state index contributed by atoms with van der Waals surface area (Å²) in [6.45, 7) is 4.31. The maximum absolute atomic E-state index is 12.1. The quantitative estimate of drug-likeness (QED) is 0.874. The second-order valence-electron chi connectivity index (χ2n) is 5.65. The molecule has 1 aliphatic heterocycles. The fourth-order valence-electron chi connectivity index (χ4n) is 2.46. The Kier molecular flexibility index (Phi) is 4.42. The van der Waals surface area contributed by atoms with Crippen LogP contribution in [0.1, 0.15) is 34.8 Å². The minimum Gasteiger partial charge on any atom is -0.462 e. The molecule has 0 fully saturated rings. The van der Waals surface area contributed by atoms with Gasteiger partial charge in [0.25, 0.3) is 5.91 Å². The number of nitrogens with one attached hydrogen (secondary N) is 1. The number of hydrogen-bond donors (Lipinski definition) is 1. The van der Waals surface area contributed by atoms with Crippen molar-refractivity contribution in [1.29, 1.82) is 0 Å². The van der Waals surface area contributed by atoms with Gasteiger partial charge in [0.1, 0.15) is 5.71 Å². The number of nitrogens with zero attached hydrogens (tertiary/aromatic N) is 1. The lowest BCUT2D eigenvalue weighted by atomic mass is 10.1. The largest absolute Gasteiger partial charge is 0.462 e. The summed E-state index contributed by atoms with van der Waals surface area (Å²) in [6, 6.07) is 12.5. The van der Waals surface area contributed by atoms with Gasteiger partial charge < -0.3 is 10.1 Å². The Labute approximate surface area is 140 Å². The van der Waals surface area contributed by atoms with Crippen LogP contribution in [0.5, 0.6) is 0 Å². The number of aliphatic imine (C=N–C) groups is 1. The number of rotatable bonds is 4. The Morgan fingerprint density at radius 1 is 1.17 bits per heavy atom. The molecule has 2 aromatic rings. The summed E-state index contributed by atoms with van der Waals surface area (Å²) in [5.74, 6) is -0.572. The first-order chi connectivity index (χ1) is 11.6. The van der Waals surface area contributed by atoms with Gasteiger partial charge in [-0.25, -0.2) is 9.79 Å². The second-order valence-corrected chi connectivity index (χ2v) is 5.65. The molecule has 0 saturated carbocycles. The van der Waals surface area contributed by atoms with Crippen LogP contribution in [0.25, 0.3) is 0 Å². The zero-order chi connectivity index (χ0) is 17.1. The van der Waals surface area contributed by atoms with Gasteiger partial charge in [0.2, 0.25) is 0 Å². The van der Waals surface area contributed by atoms with E-state index in [2.05, 4.69) is 10.3 Å². The van der Waals surface area contributed by atoms with Gasteiger partial charge in [-0.3, -0.25) is 4.79 Å². The van der Waals surface area contributed by atoms with E-state index in [1.54, 1.807) is 24.3 Å². The van der Waals surface area contributed by atoms with Crippen LogP contribution in [0.15, 0.2) is 47.5 Å². The maximum Gasteiger partial charge on any atom is 0.338 e. The molecule has 1 heterocycles. The molecule has 5 nitrogen and oxygen atoms in total. The third kappa shape index (κ3) is 3.20. The Morgan fingerprint density at radius 3 is 2.62 bits per heavy atom. The fraction of sp³-hybridized carbons (Fsp3) is 0.211. The number of hydrogen-bond acceptors (Lipinski definition) is 4. The van der Waals surface area contributed by atoms with E-state index in [9.17, 15) is 9.59 Å². The van der Waals surface area contributed by atoms with E-state index < -0.39 is 0 Å². The molecule has 3 rings (SSSR count). The Balaban J connectivity index is 1.86. The van der Waals surface area contributed by atoms with Crippen molar-refractivity contribution in [2.75, 3.05) is 11.9 Å². The standard InChI is InChI=1S/C19H18N2O3/c1-3-10-24-19(23)13-5-7-14(8-6-13)20-17-15-11-12(2)4-9-16(15)21-18(17)22/h4-9,11H,3,10H2,1-2H3,(H,20,21,22). The van der Waals surface area contributed by atoms with Gasteiger partial charge in [0.15, 0.2) is 0 Å². The van der Waals surface area contributed by atoms with Crippen LogP contribution < -0.4 is 5.32 Å². The van der Waals surface area contributed by atoms with Crippen LogP contribution in [-0.2, 0) is 9.53 Å². The highest BCUT2D eigenvalue weighted by Gasteiger charge is 2.25.